The van der Waals surface area contributed by atoms with Gasteiger partial charge in [-0.25, -0.2) is 0 Å². The van der Waals surface area contributed by atoms with Crippen LogP contribution in [-0.2, 0) is 0 Å². The van der Waals surface area contributed by atoms with E-state index in [1.807, 2.05) is 12.1 Å². The maximum atomic E-state index is 5.97. The van der Waals surface area contributed by atoms with Crippen LogP contribution in [0.15, 0.2) is 12.1 Å². The van der Waals surface area contributed by atoms with E-state index in [9.17, 15) is 0 Å². The molecule has 4 nitrogen and oxygen atoms in total. The Labute approximate surface area is 114 Å². The van der Waals surface area contributed by atoms with Crippen molar-refractivity contribution in [1.29, 1.82) is 0 Å². The molecule has 0 spiro atoms. The van der Waals surface area contributed by atoms with E-state index in [-0.39, 0.29) is 0 Å². The first-order valence-corrected chi connectivity index (χ1v) is 6.75. The number of ether oxygens (including phenoxy) is 3. The van der Waals surface area contributed by atoms with Crippen molar-refractivity contribution >= 4 is 0 Å². The minimum atomic E-state index is 0.349. The lowest BCUT2D eigenvalue weighted by molar-refractivity contribution is 0.340. The zero-order valence-corrected chi connectivity index (χ0v) is 11.9. The smallest absolute Gasteiger partial charge is 0.164 e. The Kier molecular flexibility index (Phi) is 4.53. The minimum Gasteiger partial charge on any atom is -0.496 e. The molecule has 0 saturated heterocycles. The molecule has 1 fully saturated rings. The van der Waals surface area contributed by atoms with Gasteiger partial charge in [0.25, 0.3) is 0 Å². The van der Waals surface area contributed by atoms with Gasteiger partial charge in [0.2, 0.25) is 0 Å². The summed E-state index contributed by atoms with van der Waals surface area (Å²) in [6, 6.07) is 4.30. The summed E-state index contributed by atoms with van der Waals surface area (Å²) in [5.41, 5.74) is 7.17. The third-order valence-corrected chi connectivity index (χ3v) is 3.95. The fraction of sp³-hybridized carbons (Fsp3) is 0.600. The van der Waals surface area contributed by atoms with Crippen molar-refractivity contribution in [3.8, 4) is 17.2 Å². The molecule has 19 heavy (non-hydrogen) atoms. The van der Waals surface area contributed by atoms with Gasteiger partial charge in [0, 0.05) is 17.7 Å². The summed E-state index contributed by atoms with van der Waals surface area (Å²) in [4.78, 5) is 0. The molecule has 4 heteroatoms. The lowest BCUT2D eigenvalue weighted by atomic mass is 9.81. The Bertz CT molecular complexity index is 426. The van der Waals surface area contributed by atoms with Gasteiger partial charge in [-0.2, -0.15) is 0 Å². The summed E-state index contributed by atoms with van der Waals surface area (Å²) in [5.74, 6) is 2.83. The Hall–Kier alpha value is -1.42. The van der Waals surface area contributed by atoms with E-state index in [0.717, 1.165) is 37.2 Å². The van der Waals surface area contributed by atoms with Gasteiger partial charge in [-0.05, 0) is 37.7 Å². The number of hydrogen-bond acceptors (Lipinski definition) is 4. The van der Waals surface area contributed by atoms with E-state index < -0.39 is 0 Å². The van der Waals surface area contributed by atoms with Crippen LogP contribution in [0.1, 0.15) is 37.2 Å². The molecule has 0 heterocycles. The highest BCUT2D eigenvalue weighted by Crippen LogP contribution is 2.42. The summed E-state index contributed by atoms with van der Waals surface area (Å²) in [5, 5.41) is 0. The van der Waals surface area contributed by atoms with Gasteiger partial charge >= 0.3 is 0 Å². The van der Waals surface area contributed by atoms with E-state index in [2.05, 4.69) is 0 Å². The van der Waals surface area contributed by atoms with Crippen molar-refractivity contribution < 1.29 is 14.2 Å². The largest absolute Gasteiger partial charge is 0.496 e. The van der Waals surface area contributed by atoms with Crippen molar-refractivity contribution in [2.45, 2.75) is 37.6 Å². The molecule has 0 amide bonds. The number of benzene rings is 1. The average Bonchev–Trinajstić information content (AvgIpc) is 2.46. The normalized spacial score (nSPS) is 22.9. The lowest BCUT2D eigenvalue weighted by Crippen LogP contribution is -2.25. The molecule has 2 rings (SSSR count). The lowest BCUT2D eigenvalue weighted by Gasteiger charge is -2.28. The number of hydrogen-bond donors (Lipinski definition) is 1. The third kappa shape index (κ3) is 2.95. The number of methoxy groups -OCH3 is 3. The van der Waals surface area contributed by atoms with Gasteiger partial charge < -0.3 is 19.9 Å². The predicted molar refractivity (Wildman–Crippen MR) is 75.3 cm³/mol. The molecule has 1 aromatic rings. The fourth-order valence-corrected chi connectivity index (χ4v) is 2.80. The van der Waals surface area contributed by atoms with E-state index in [0.29, 0.717) is 17.7 Å². The van der Waals surface area contributed by atoms with Crippen LogP contribution in [-0.4, -0.2) is 27.4 Å². The summed E-state index contributed by atoms with van der Waals surface area (Å²) in [7, 11) is 4.99. The van der Waals surface area contributed by atoms with Gasteiger partial charge in [0.1, 0.15) is 5.75 Å². The first-order valence-electron chi connectivity index (χ1n) is 6.75. The van der Waals surface area contributed by atoms with Crippen LogP contribution < -0.4 is 19.9 Å². The zero-order valence-electron chi connectivity index (χ0n) is 11.9. The highest BCUT2D eigenvalue weighted by atomic mass is 16.5. The summed E-state index contributed by atoms with van der Waals surface area (Å²) in [6.07, 6.45) is 4.35. The van der Waals surface area contributed by atoms with E-state index >= 15 is 0 Å². The van der Waals surface area contributed by atoms with E-state index in [4.69, 9.17) is 19.9 Å². The molecule has 1 aliphatic rings. The van der Waals surface area contributed by atoms with Gasteiger partial charge in [-0.3, -0.25) is 0 Å². The molecule has 1 aromatic carbocycles. The van der Waals surface area contributed by atoms with Crippen LogP contribution >= 0.6 is 0 Å². The van der Waals surface area contributed by atoms with Crippen molar-refractivity contribution in [3.63, 3.8) is 0 Å². The highest BCUT2D eigenvalue weighted by Gasteiger charge is 2.24. The van der Waals surface area contributed by atoms with Gasteiger partial charge in [-0.15, -0.1) is 0 Å². The molecule has 0 unspecified atom stereocenters. The van der Waals surface area contributed by atoms with Crippen LogP contribution in [0.5, 0.6) is 17.2 Å². The van der Waals surface area contributed by atoms with Crippen LogP contribution in [0, 0.1) is 0 Å². The van der Waals surface area contributed by atoms with Gasteiger partial charge in [-0.1, -0.05) is 0 Å². The maximum Gasteiger partial charge on any atom is 0.164 e. The van der Waals surface area contributed by atoms with Crippen LogP contribution in [0.3, 0.4) is 0 Å². The molecule has 0 radical (unpaired) electrons. The van der Waals surface area contributed by atoms with Crippen LogP contribution in [0.25, 0.3) is 0 Å². The molecular formula is C15H23NO3. The van der Waals surface area contributed by atoms with Crippen molar-refractivity contribution in [1.82, 2.24) is 0 Å². The van der Waals surface area contributed by atoms with Crippen molar-refractivity contribution in [3.05, 3.63) is 17.7 Å². The second kappa shape index (κ2) is 6.15. The molecule has 0 bridgehead atoms. The Morgan fingerprint density at radius 1 is 0.842 bits per heavy atom. The Morgan fingerprint density at radius 2 is 1.37 bits per heavy atom. The third-order valence-electron chi connectivity index (χ3n) is 3.95. The zero-order chi connectivity index (χ0) is 13.8. The fourth-order valence-electron chi connectivity index (χ4n) is 2.80. The first kappa shape index (κ1) is 14.0. The Balaban J connectivity index is 2.32. The standard InChI is InChI=1S/C15H23NO3/c1-17-13-9-15(19-3)14(18-2)8-12(13)10-4-6-11(16)7-5-10/h8-11H,4-7,16H2,1-3H3. The Morgan fingerprint density at radius 3 is 1.89 bits per heavy atom. The minimum absolute atomic E-state index is 0.349. The quantitative estimate of drug-likeness (QED) is 0.909. The topological polar surface area (TPSA) is 53.7 Å². The highest BCUT2D eigenvalue weighted by molar-refractivity contribution is 5.52. The average molecular weight is 265 g/mol. The molecule has 0 aromatic heterocycles. The molecule has 0 atom stereocenters. The summed E-state index contributed by atoms with van der Waals surface area (Å²) in [6.45, 7) is 0. The molecular weight excluding hydrogens is 242 g/mol. The SMILES string of the molecule is COc1cc(OC)c(C2CCC(N)CC2)cc1OC. The molecule has 1 aliphatic carbocycles. The molecule has 0 aliphatic heterocycles. The summed E-state index contributed by atoms with van der Waals surface area (Å²) < 4.78 is 16.2. The molecule has 1 saturated carbocycles. The van der Waals surface area contributed by atoms with Gasteiger partial charge in [0.15, 0.2) is 11.5 Å². The number of nitrogens with two attached hydrogens (primary N) is 1. The predicted octanol–water partition coefficient (Wildman–Crippen LogP) is 2.70. The van der Waals surface area contributed by atoms with E-state index in [1.165, 1.54) is 5.56 Å². The number of rotatable bonds is 4. The maximum absolute atomic E-state index is 5.97. The molecule has 106 valence electrons. The van der Waals surface area contributed by atoms with E-state index in [1.54, 1.807) is 21.3 Å². The van der Waals surface area contributed by atoms with Crippen molar-refractivity contribution in [2.75, 3.05) is 21.3 Å². The second-order valence-corrected chi connectivity index (χ2v) is 5.06. The van der Waals surface area contributed by atoms with Crippen LogP contribution in [0.2, 0.25) is 0 Å². The van der Waals surface area contributed by atoms with Crippen LogP contribution in [0.4, 0.5) is 0 Å². The van der Waals surface area contributed by atoms with Crippen molar-refractivity contribution in [2.24, 2.45) is 5.73 Å². The van der Waals surface area contributed by atoms with Gasteiger partial charge in [0.05, 0.1) is 21.3 Å². The second-order valence-electron chi connectivity index (χ2n) is 5.06. The summed E-state index contributed by atoms with van der Waals surface area (Å²) >= 11 is 0. The monoisotopic (exact) mass is 265 g/mol. The molecule has 2 N–H and O–H groups in total. The first-order chi connectivity index (χ1) is 9.19.